The zero-order valence-corrected chi connectivity index (χ0v) is 19.2. The number of nitrogens with one attached hydrogen (secondary N) is 2. The first-order valence-corrected chi connectivity index (χ1v) is 10.8. The maximum atomic E-state index is 15.1. The number of hydrogen-bond acceptors (Lipinski definition) is 6. The monoisotopic (exact) mass is 483 g/mol. The molecule has 0 unspecified atom stereocenters. The Bertz CT molecular complexity index is 1020. The highest BCUT2D eigenvalue weighted by molar-refractivity contribution is 6.00. The second-order valence-electron chi connectivity index (χ2n) is 7.06. The summed E-state index contributed by atoms with van der Waals surface area (Å²) in [5, 5.41) is 12.1. The molecular formula is C23H28F3N3O5. The average molecular weight is 483 g/mol. The summed E-state index contributed by atoms with van der Waals surface area (Å²) in [6.45, 7) is 4.83. The second-order valence-corrected chi connectivity index (χ2v) is 7.06. The molecule has 2 amide bonds. The van der Waals surface area contributed by atoms with Gasteiger partial charge in [0.1, 0.15) is 5.82 Å². The minimum atomic E-state index is -1.45. The minimum absolute atomic E-state index is 0.179. The molecule has 1 aliphatic rings. The van der Waals surface area contributed by atoms with Crippen LogP contribution in [0, 0.1) is 24.4 Å². The van der Waals surface area contributed by atoms with E-state index in [1.54, 1.807) is 13.0 Å². The van der Waals surface area contributed by atoms with Crippen LogP contribution < -0.4 is 10.8 Å². The van der Waals surface area contributed by atoms with Crippen LogP contribution in [0.3, 0.4) is 0 Å². The fourth-order valence-electron chi connectivity index (χ4n) is 3.05. The number of benzene rings is 2. The van der Waals surface area contributed by atoms with Gasteiger partial charge in [0, 0.05) is 12.0 Å². The molecule has 1 saturated heterocycles. The molecule has 2 aromatic carbocycles. The molecule has 34 heavy (non-hydrogen) atoms. The van der Waals surface area contributed by atoms with Crippen molar-refractivity contribution in [2.45, 2.75) is 40.2 Å². The molecule has 8 nitrogen and oxygen atoms in total. The third-order valence-corrected chi connectivity index (χ3v) is 4.64. The van der Waals surface area contributed by atoms with Gasteiger partial charge >= 0.3 is 0 Å². The molecule has 1 aliphatic heterocycles. The molecule has 0 aromatic heterocycles. The Morgan fingerprint density at radius 3 is 2.59 bits per heavy atom. The van der Waals surface area contributed by atoms with Crippen molar-refractivity contribution in [1.29, 1.82) is 0 Å². The van der Waals surface area contributed by atoms with Crippen LogP contribution in [-0.4, -0.2) is 41.8 Å². The number of halogens is 3. The molecule has 1 fully saturated rings. The molecule has 0 bridgehead atoms. The molecule has 0 saturated carbocycles. The Kier molecular flexibility index (Phi) is 10.3. The Morgan fingerprint density at radius 2 is 1.94 bits per heavy atom. The predicted octanol–water partition coefficient (Wildman–Crippen LogP) is 3.89. The molecular weight excluding hydrogens is 455 g/mol. The van der Waals surface area contributed by atoms with Gasteiger partial charge in [-0.05, 0) is 37.1 Å². The number of aliphatic hydroxyl groups excluding tert-OH is 1. The van der Waals surface area contributed by atoms with Crippen molar-refractivity contribution in [2.75, 3.05) is 25.1 Å². The molecule has 2 aromatic rings. The molecule has 1 heterocycles. The van der Waals surface area contributed by atoms with Crippen molar-refractivity contribution in [3.8, 4) is 0 Å². The first-order chi connectivity index (χ1) is 16.3. The Morgan fingerprint density at radius 1 is 1.21 bits per heavy atom. The quantitative estimate of drug-likeness (QED) is 0.389. The van der Waals surface area contributed by atoms with Gasteiger partial charge in [-0.15, -0.1) is 0 Å². The molecule has 3 N–H and O–H groups in total. The number of nitrogens with zero attached hydrogens (tertiary/aromatic N) is 1. The van der Waals surface area contributed by atoms with Crippen molar-refractivity contribution >= 4 is 23.2 Å². The lowest BCUT2D eigenvalue weighted by Gasteiger charge is -2.26. The van der Waals surface area contributed by atoms with Crippen molar-refractivity contribution in [2.24, 2.45) is 0 Å². The van der Waals surface area contributed by atoms with Gasteiger partial charge in [0.05, 0.1) is 43.3 Å². The van der Waals surface area contributed by atoms with Crippen LogP contribution in [0.1, 0.15) is 48.2 Å². The van der Waals surface area contributed by atoms with Crippen molar-refractivity contribution in [3.05, 3.63) is 58.4 Å². The summed E-state index contributed by atoms with van der Waals surface area (Å²) in [6.07, 6.45) is 0.700. The first kappa shape index (κ1) is 27.1. The molecule has 0 aliphatic carbocycles. The molecule has 186 valence electrons. The highest BCUT2D eigenvalue weighted by atomic mass is 19.2. The van der Waals surface area contributed by atoms with E-state index in [4.69, 9.17) is 14.8 Å². The van der Waals surface area contributed by atoms with E-state index >= 15 is 4.39 Å². The lowest BCUT2D eigenvalue weighted by molar-refractivity contribution is -0.202. The molecule has 0 spiro atoms. The topological polar surface area (TPSA) is 100 Å². The van der Waals surface area contributed by atoms with E-state index in [0.29, 0.717) is 12.0 Å². The molecule has 0 radical (unpaired) electrons. The zero-order chi connectivity index (χ0) is 25.3. The Labute approximate surface area is 195 Å². The highest BCUT2D eigenvalue weighted by Gasteiger charge is 2.27. The van der Waals surface area contributed by atoms with Crippen LogP contribution in [0.2, 0.25) is 0 Å². The second kappa shape index (κ2) is 12.9. The van der Waals surface area contributed by atoms with E-state index in [2.05, 4.69) is 5.32 Å². The van der Waals surface area contributed by atoms with Crippen molar-refractivity contribution in [1.82, 2.24) is 10.5 Å². The molecule has 0 atom stereocenters. The summed E-state index contributed by atoms with van der Waals surface area (Å²) in [7, 11) is 0. The largest absolute Gasteiger partial charge is 0.394 e. The number of carbonyl (C=O) groups is 2. The summed E-state index contributed by atoms with van der Waals surface area (Å²) >= 11 is 0. The SMILES string of the molecule is CC.Cc1ccc(Nc2c(C(=O)NOCCO)cc(CN3OCCCC3=O)c(F)c2F)c(F)c1. The predicted molar refractivity (Wildman–Crippen MR) is 118 cm³/mol. The van der Waals surface area contributed by atoms with Gasteiger partial charge in [-0.25, -0.2) is 23.7 Å². The summed E-state index contributed by atoms with van der Waals surface area (Å²) in [5.74, 6) is -4.88. The normalized spacial score (nSPS) is 13.3. The molecule has 3 rings (SSSR count). The zero-order valence-electron chi connectivity index (χ0n) is 19.2. The number of anilines is 2. The van der Waals surface area contributed by atoms with Gasteiger partial charge in [0.15, 0.2) is 11.6 Å². The minimum Gasteiger partial charge on any atom is -0.394 e. The lowest BCUT2D eigenvalue weighted by atomic mass is 10.0. The number of hydrogen-bond donors (Lipinski definition) is 3. The van der Waals surface area contributed by atoms with Gasteiger partial charge in [0.25, 0.3) is 5.91 Å². The fourth-order valence-corrected chi connectivity index (χ4v) is 3.05. The smallest absolute Gasteiger partial charge is 0.277 e. The number of aliphatic hydroxyl groups is 1. The maximum Gasteiger partial charge on any atom is 0.277 e. The lowest BCUT2D eigenvalue weighted by Crippen LogP contribution is -2.35. The summed E-state index contributed by atoms with van der Waals surface area (Å²) in [5.41, 5.74) is 1.09. The number of carbonyl (C=O) groups excluding carboxylic acids is 2. The van der Waals surface area contributed by atoms with Crippen LogP contribution in [0.5, 0.6) is 0 Å². The van der Waals surface area contributed by atoms with E-state index in [1.807, 2.05) is 19.3 Å². The third kappa shape index (κ3) is 6.69. The number of rotatable bonds is 8. The van der Waals surface area contributed by atoms with E-state index in [0.717, 1.165) is 11.1 Å². The van der Waals surface area contributed by atoms with Gasteiger partial charge in [0.2, 0.25) is 5.91 Å². The number of hydroxylamine groups is 3. The van der Waals surface area contributed by atoms with Crippen molar-refractivity contribution < 1.29 is 37.5 Å². The first-order valence-electron chi connectivity index (χ1n) is 10.8. The van der Waals surface area contributed by atoms with E-state index in [1.165, 1.54) is 12.1 Å². The van der Waals surface area contributed by atoms with Crippen LogP contribution >= 0.6 is 0 Å². The summed E-state index contributed by atoms with van der Waals surface area (Å²) in [4.78, 5) is 34.5. The van der Waals surface area contributed by atoms with E-state index in [9.17, 15) is 18.4 Å². The van der Waals surface area contributed by atoms with Crippen molar-refractivity contribution in [3.63, 3.8) is 0 Å². The summed E-state index contributed by atoms with van der Waals surface area (Å²) < 4.78 is 44.2. The van der Waals surface area contributed by atoms with Gasteiger partial charge in [-0.1, -0.05) is 19.9 Å². The number of aryl methyl sites for hydroxylation is 1. The Balaban J connectivity index is 0.00000199. The Hall–Kier alpha value is -3.15. The molecule has 11 heteroatoms. The summed E-state index contributed by atoms with van der Waals surface area (Å²) in [6, 6.07) is 5.08. The van der Waals surface area contributed by atoms with Crippen LogP contribution in [0.15, 0.2) is 24.3 Å². The maximum absolute atomic E-state index is 15.1. The standard InChI is InChI=1S/C21H22F3N3O5.C2H6/c1-12-4-5-16(15(22)9-12)25-20-14(21(30)26-31-8-6-28)10-13(18(23)19(20)24)11-27-17(29)3-2-7-32-27;1-2/h4-5,9-10,25,28H,2-3,6-8,11H2,1H3,(H,26,30);1-2H3. The van der Waals surface area contributed by atoms with Crippen LogP contribution in [0.25, 0.3) is 0 Å². The van der Waals surface area contributed by atoms with Gasteiger partial charge in [-0.2, -0.15) is 0 Å². The van der Waals surface area contributed by atoms with Crippen LogP contribution in [0.4, 0.5) is 24.5 Å². The van der Waals surface area contributed by atoms with Crippen LogP contribution in [-0.2, 0) is 21.0 Å². The van der Waals surface area contributed by atoms with Gasteiger partial charge < -0.3 is 10.4 Å². The van der Waals surface area contributed by atoms with E-state index in [-0.39, 0.29) is 30.9 Å². The number of amides is 2. The van der Waals surface area contributed by atoms with E-state index < -0.39 is 53.7 Å². The third-order valence-electron chi connectivity index (χ3n) is 4.64. The highest BCUT2D eigenvalue weighted by Crippen LogP contribution is 2.31. The average Bonchev–Trinajstić information content (AvgIpc) is 2.82. The van der Waals surface area contributed by atoms with Gasteiger partial charge in [-0.3, -0.25) is 19.3 Å². The fraction of sp³-hybridized carbons (Fsp3) is 0.391.